The van der Waals surface area contributed by atoms with Crippen LogP contribution in [-0.4, -0.2) is 36.9 Å². The second-order valence-corrected chi connectivity index (χ2v) is 7.03. The summed E-state index contributed by atoms with van der Waals surface area (Å²) in [5.41, 5.74) is 9.62. The zero-order valence-corrected chi connectivity index (χ0v) is 17.6. The number of ether oxygens (including phenoxy) is 2. The number of nitrogens with two attached hydrogens (primary N) is 1. The summed E-state index contributed by atoms with van der Waals surface area (Å²) in [5, 5.41) is 11.7. The number of hydrogen-bond acceptors (Lipinski definition) is 5. The van der Waals surface area contributed by atoms with Crippen molar-refractivity contribution in [2.45, 2.75) is 19.4 Å². The number of rotatable bonds is 10. The van der Waals surface area contributed by atoms with Gasteiger partial charge in [0.1, 0.15) is 6.04 Å². The van der Waals surface area contributed by atoms with Crippen molar-refractivity contribution in [2.24, 2.45) is 5.73 Å². The van der Waals surface area contributed by atoms with Crippen LogP contribution >= 0.6 is 0 Å². The highest BCUT2D eigenvalue weighted by Gasteiger charge is 2.14. The average molecular weight is 421 g/mol. The molecule has 0 fully saturated rings. The van der Waals surface area contributed by atoms with Crippen LogP contribution in [-0.2, 0) is 11.2 Å². The molecular formula is C25H28N2O4. The Balaban J connectivity index is 1.59. The van der Waals surface area contributed by atoms with Gasteiger partial charge in [0, 0.05) is 18.2 Å². The van der Waals surface area contributed by atoms with E-state index >= 15 is 0 Å². The lowest BCUT2D eigenvalue weighted by Gasteiger charge is -2.15. The molecule has 0 aromatic heterocycles. The van der Waals surface area contributed by atoms with Gasteiger partial charge in [-0.3, -0.25) is 4.79 Å². The quantitative estimate of drug-likeness (QED) is 0.466. The predicted molar refractivity (Wildman–Crippen MR) is 122 cm³/mol. The Morgan fingerprint density at radius 3 is 2.35 bits per heavy atom. The highest BCUT2D eigenvalue weighted by atomic mass is 16.5. The summed E-state index contributed by atoms with van der Waals surface area (Å²) in [6, 6.07) is 22.9. The second-order valence-electron chi connectivity index (χ2n) is 7.03. The zero-order chi connectivity index (χ0) is 22.1. The van der Waals surface area contributed by atoms with E-state index in [1.807, 2.05) is 25.1 Å². The van der Waals surface area contributed by atoms with Gasteiger partial charge in [0.15, 0.2) is 11.5 Å². The van der Waals surface area contributed by atoms with Gasteiger partial charge >= 0.3 is 0 Å². The Labute approximate surface area is 182 Å². The molecule has 0 saturated heterocycles. The first-order valence-corrected chi connectivity index (χ1v) is 10.3. The van der Waals surface area contributed by atoms with E-state index in [4.69, 9.17) is 20.3 Å². The third-order valence-corrected chi connectivity index (χ3v) is 4.75. The number of aliphatic hydroxyl groups excluding tert-OH is 1. The predicted octanol–water partition coefficient (Wildman–Crippen LogP) is 3.63. The number of nitrogens with one attached hydrogen (secondary N) is 1. The molecular weight excluding hydrogens is 392 g/mol. The van der Waals surface area contributed by atoms with Crippen LogP contribution in [0.3, 0.4) is 0 Å². The van der Waals surface area contributed by atoms with Gasteiger partial charge in [-0.15, -0.1) is 0 Å². The molecule has 31 heavy (non-hydrogen) atoms. The summed E-state index contributed by atoms with van der Waals surface area (Å²) >= 11 is 0. The SMILES string of the molecule is CCOc1cc(NC(=O)[C@@H](N)CO)ccc1OCCc1ccc(-c2ccccc2)cc1. The molecule has 0 aliphatic carbocycles. The number of carbonyl (C=O) groups is 1. The number of aliphatic hydroxyl groups is 1. The van der Waals surface area contributed by atoms with Gasteiger partial charge in [-0.05, 0) is 35.7 Å². The Morgan fingerprint density at radius 2 is 1.68 bits per heavy atom. The van der Waals surface area contributed by atoms with Crippen molar-refractivity contribution in [1.82, 2.24) is 0 Å². The molecule has 0 saturated carbocycles. The van der Waals surface area contributed by atoms with E-state index in [9.17, 15) is 4.79 Å². The fraction of sp³-hybridized carbons (Fsp3) is 0.240. The van der Waals surface area contributed by atoms with Gasteiger partial charge in [-0.2, -0.15) is 0 Å². The molecule has 0 spiro atoms. The van der Waals surface area contributed by atoms with Crippen molar-refractivity contribution in [3.8, 4) is 22.6 Å². The molecule has 4 N–H and O–H groups in total. The van der Waals surface area contributed by atoms with Crippen LogP contribution in [0.25, 0.3) is 11.1 Å². The molecule has 1 atom stereocenters. The van der Waals surface area contributed by atoms with Crippen LogP contribution in [0, 0.1) is 0 Å². The summed E-state index contributed by atoms with van der Waals surface area (Å²) in [7, 11) is 0. The highest BCUT2D eigenvalue weighted by Crippen LogP contribution is 2.31. The van der Waals surface area contributed by atoms with Crippen LogP contribution < -0.4 is 20.5 Å². The van der Waals surface area contributed by atoms with Crippen molar-refractivity contribution in [3.05, 3.63) is 78.4 Å². The highest BCUT2D eigenvalue weighted by molar-refractivity contribution is 5.95. The first kappa shape index (κ1) is 22.3. The average Bonchev–Trinajstić information content (AvgIpc) is 2.81. The number of anilines is 1. The molecule has 0 aliphatic rings. The molecule has 3 aromatic rings. The lowest BCUT2D eigenvalue weighted by atomic mass is 10.0. The minimum atomic E-state index is -0.972. The number of benzene rings is 3. The molecule has 162 valence electrons. The van der Waals surface area contributed by atoms with E-state index in [0.29, 0.717) is 30.4 Å². The third-order valence-electron chi connectivity index (χ3n) is 4.75. The maximum Gasteiger partial charge on any atom is 0.243 e. The standard InChI is InChI=1S/C25H28N2O4/c1-2-30-24-16-21(27-25(29)22(26)17-28)12-13-23(24)31-15-14-18-8-10-20(11-9-18)19-6-4-3-5-7-19/h3-13,16,22,28H,2,14-15,17,26H2,1H3,(H,27,29)/t22-/m0/s1. The maximum absolute atomic E-state index is 11.9. The lowest BCUT2D eigenvalue weighted by molar-refractivity contribution is -0.118. The van der Waals surface area contributed by atoms with Gasteiger partial charge in [-0.1, -0.05) is 54.6 Å². The maximum atomic E-state index is 11.9. The van der Waals surface area contributed by atoms with Gasteiger partial charge in [0.2, 0.25) is 5.91 Å². The van der Waals surface area contributed by atoms with E-state index in [2.05, 4.69) is 41.7 Å². The molecule has 1 amide bonds. The van der Waals surface area contributed by atoms with E-state index in [-0.39, 0.29) is 0 Å². The fourth-order valence-corrected chi connectivity index (χ4v) is 3.06. The summed E-state index contributed by atoms with van der Waals surface area (Å²) in [6.07, 6.45) is 0.754. The minimum Gasteiger partial charge on any atom is -0.490 e. The molecule has 6 heteroatoms. The van der Waals surface area contributed by atoms with Gasteiger partial charge in [-0.25, -0.2) is 0 Å². The number of amides is 1. The van der Waals surface area contributed by atoms with E-state index in [1.165, 1.54) is 16.7 Å². The van der Waals surface area contributed by atoms with Crippen molar-refractivity contribution in [1.29, 1.82) is 0 Å². The van der Waals surface area contributed by atoms with Crippen molar-refractivity contribution in [3.63, 3.8) is 0 Å². The number of hydrogen-bond donors (Lipinski definition) is 3. The smallest absolute Gasteiger partial charge is 0.243 e. The van der Waals surface area contributed by atoms with Gasteiger partial charge in [0.05, 0.1) is 19.8 Å². The van der Waals surface area contributed by atoms with Crippen LogP contribution in [0.1, 0.15) is 12.5 Å². The Bertz CT molecular complexity index is 975. The minimum absolute atomic E-state index is 0.419. The van der Waals surface area contributed by atoms with Gasteiger partial charge in [0.25, 0.3) is 0 Å². The molecule has 0 heterocycles. The summed E-state index contributed by atoms with van der Waals surface area (Å²) < 4.78 is 11.6. The molecule has 3 aromatic carbocycles. The summed E-state index contributed by atoms with van der Waals surface area (Å²) in [6.45, 7) is 2.42. The van der Waals surface area contributed by atoms with Crippen LogP contribution in [0.2, 0.25) is 0 Å². The van der Waals surface area contributed by atoms with Crippen molar-refractivity contribution >= 4 is 11.6 Å². The Morgan fingerprint density at radius 1 is 0.968 bits per heavy atom. The van der Waals surface area contributed by atoms with Crippen molar-refractivity contribution < 1.29 is 19.4 Å². The molecule has 3 rings (SSSR count). The molecule has 6 nitrogen and oxygen atoms in total. The topological polar surface area (TPSA) is 93.8 Å². The van der Waals surface area contributed by atoms with E-state index in [0.717, 1.165) is 6.42 Å². The van der Waals surface area contributed by atoms with Gasteiger partial charge < -0.3 is 25.6 Å². The van der Waals surface area contributed by atoms with Crippen LogP contribution in [0.15, 0.2) is 72.8 Å². The monoisotopic (exact) mass is 420 g/mol. The van der Waals surface area contributed by atoms with Crippen molar-refractivity contribution in [2.75, 3.05) is 25.1 Å². The molecule has 0 unspecified atom stereocenters. The zero-order valence-electron chi connectivity index (χ0n) is 17.6. The lowest BCUT2D eigenvalue weighted by Crippen LogP contribution is -2.38. The van der Waals surface area contributed by atoms with E-state index < -0.39 is 18.6 Å². The first-order valence-electron chi connectivity index (χ1n) is 10.3. The largest absolute Gasteiger partial charge is 0.490 e. The third kappa shape index (κ3) is 6.31. The molecule has 0 bridgehead atoms. The fourth-order valence-electron chi connectivity index (χ4n) is 3.06. The van der Waals surface area contributed by atoms with Crippen LogP contribution in [0.5, 0.6) is 11.5 Å². The van der Waals surface area contributed by atoms with Crippen LogP contribution in [0.4, 0.5) is 5.69 Å². The van der Waals surface area contributed by atoms with E-state index in [1.54, 1.807) is 18.2 Å². The number of carbonyl (C=O) groups excluding carboxylic acids is 1. The second kappa shape index (κ2) is 11.2. The summed E-state index contributed by atoms with van der Waals surface area (Å²) in [4.78, 5) is 11.9. The summed E-state index contributed by atoms with van der Waals surface area (Å²) in [5.74, 6) is 0.682. The molecule has 0 aliphatic heterocycles. The molecule has 0 radical (unpaired) electrons. The Kier molecular flexibility index (Phi) is 8.04. The Hall–Kier alpha value is -3.35. The first-order chi connectivity index (χ1) is 15.1. The normalized spacial score (nSPS) is 11.6.